The Balaban J connectivity index is 2.23. The fourth-order valence-electron chi connectivity index (χ4n) is 2.30. The summed E-state index contributed by atoms with van der Waals surface area (Å²) in [7, 11) is 0. The second-order valence-corrected chi connectivity index (χ2v) is 4.69. The van der Waals surface area contributed by atoms with Crippen molar-refractivity contribution in [1.29, 1.82) is 0 Å². The lowest BCUT2D eigenvalue weighted by Gasteiger charge is -2.15. The molecule has 0 amide bonds. The summed E-state index contributed by atoms with van der Waals surface area (Å²) in [5.74, 6) is 6.56. The van der Waals surface area contributed by atoms with Crippen LogP contribution >= 0.6 is 0 Å². The first-order chi connectivity index (χ1) is 9.19. The molecule has 0 fully saturated rings. The van der Waals surface area contributed by atoms with Gasteiger partial charge in [0, 0.05) is 18.7 Å². The van der Waals surface area contributed by atoms with Crippen LogP contribution in [-0.2, 0) is 19.4 Å². The van der Waals surface area contributed by atoms with Crippen LogP contribution in [0.15, 0.2) is 22.8 Å². The highest BCUT2D eigenvalue weighted by Crippen LogP contribution is 2.22. The van der Waals surface area contributed by atoms with E-state index in [9.17, 15) is 0 Å². The van der Waals surface area contributed by atoms with Gasteiger partial charge in [-0.25, -0.2) is 5.43 Å². The van der Waals surface area contributed by atoms with E-state index >= 15 is 0 Å². The molecule has 0 saturated carbocycles. The Kier molecular flexibility index (Phi) is 4.39. The molecule has 2 aromatic rings. The first-order valence-electron chi connectivity index (χ1n) is 6.75. The number of nitrogens with zero attached hydrogens (tertiary/aromatic N) is 2. The number of hydrogen-bond acceptors (Lipinski definition) is 4. The number of nitrogens with two attached hydrogens (primary N) is 1. The van der Waals surface area contributed by atoms with Gasteiger partial charge in [-0.1, -0.05) is 6.92 Å². The quantitative estimate of drug-likeness (QED) is 0.618. The maximum absolute atomic E-state index is 5.67. The molecule has 5 nitrogen and oxygen atoms in total. The third-order valence-electron chi connectivity index (χ3n) is 3.41. The van der Waals surface area contributed by atoms with Crippen LogP contribution in [0.4, 0.5) is 0 Å². The monoisotopic (exact) mass is 262 g/mol. The summed E-state index contributed by atoms with van der Waals surface area (Å²) >= 11 is 0. The van der Waals surface area contributed by atoms with Gasteiger partial charge in [0.2, 0.25) is 0 Å². The van der Waals surface area contributed by atoms with Crippen LogP contribution in [0.3, 0.4) is 0 Å². The standard InChI is InChI=1S/C14H22N4O/c1-4-11-8-12(18(5-2)17-11)9-13(16-15)14-10(3)6-7-19-14/h6-8,13,16H,4-5,9,15H2,1-3H3. The van der Waals surface area contributed by atoms with Crippen molar-refractivity contribution in [2.45, 2.75) is 46.2 Å². The van der Waals surface area contributed by atoms with E-state index in [0.717, 1.165) is 36.4 Å². The Labute approximate surface area is 113 Å². The summed E-state index contributed by atoms with van der Waals surface area (Å²) in [6.07, 6.45) is 3.41. The molecular formula is C14H22N4O. The topological polar surface area (TPSA) is 69.0 Å². The SMILES string of the molecule is CCc1cc(CC(NN)c2occc2C)n(CC)n1. The van der Waals surface area contributed by atoms with Crippen LogP contribution in [0.25, 0.3) is 0 Å². The Bertz CT molecular complexity index is 529. The summed E-state index contributed by atoms with van der Waals surface area (Å²) in [5, 5.41) is 4.56. The van der Waals surface area contributed by atoms with E-state index in [0.29, 0.717) is 0 Å². The second-order valence-electron chi connectivity index (χ2n) is 4.69. The first-order valence-corrected chi connectivity index (χ1v) is 6.75. The first kappa shape index (κ1) is 13.8. The van der Waals surface area contributed by atoms with Gasteiger partial charge < -0.3 is 4.42 Å². The van der Waals surface area contributed by atoms with Crippen LogP contribution in [0.1, 0.15) is 42.6 Å². The third kappa shape index (κ3) is 2.88. The minimum absolute atomic E-state index is 0.0262. The number of aryl methyl sites for hydroxylation is 3. The summed E-state index contributed by atoms with van der Waals surface area (Å²) < 4.78 is 7.55. The molecule has 0 radical (unpaired) electrons. The zero-order chi connectivity index (χ0) is 13.8. The minimum atomic E-state index is -0.0262. The maximum Gasteiger partial charge on any atom is 0.125 e. The number of nitrogens with one attached hydrogen (secondary N) is 1. The van der Waals surface area contributed by atoms with Crippen molar-refractivity contribution >= 4 is 0 Å². The predicted molar refractivity (Wildman–Crippen MR) is 74.5 cm³/mol. The van der Waals surface area contributed by atoms with Gasteiger partial charge in [-0.3, -0.25) is 10.5 Å². The molecule has 0 spiro atoms. The Morgan fingerprint density at radius 3 is 2.79 bits per heavy atom. The summed E-state index contributed by atoms with van der Waals surface area (Å²) in [6, 6.07) is 4.07. The third-order valence-corrected chi connectivity index (χ3v) is 3.41. The molecule has 0 aliphatic carbocycles. The molecule has 19 heavy (non-hydrogen) atoms. The van der Waals surface area contributed by atoms with Gasteiger partial charge in [0.25, 0.3) is 0 Å². The Hall–Kier alpha value is -1.59. The van der Waals surface area contributed by atoms with Gasteiger partial charge in [-0.15, -0.1) is 0 Å². The van der Waals surface area contributed by atoms with Crippen LogP contribution < -0.4 is 11.3 Å². The van der Waals surface area contributed by atoms with Gasteiger partial charge >= 0.3 is 0 Å². The summed E-state index contributed by atoms with van der Waals surface area (Å²) in [4.78, 5) is 0. The van der Waals surface area contributed by atoms with Crippen LogP contribution in [0.2, 0.25) is 0 Å². The van der Waals surface area contributed by atoms with E-state index in [1.807, 2.05) is 17.7 Å². The molecule has 2 heterocycles. The molecule has 1 unspecified atom stereocenters. The molecule has 2 rings (SSSR count). The number of hydrogen-bond donors (Lipinski definition) is 2. The molecule has 0 aromatic carbocycles. The van der Waals surface area contributed by atoms with E-state index in [4.69, 9.17) is 10.3 Å². The number of aromatic nitrogens is 2. The fraction of sp³-hybridized carbons (Fsp3) is 0.500. The smallest absolute Gasteiger partial charge is 0.125 e. The fourth-order valence-corrected chi connectivity index (χ4v) is 2.30. The van der Waals surface area contributed by atoms with Gasteiger partial charge in [-0.05, 0) is 38.0 Å². The predicted octanol–water partition coefficient (Wildman–Crippen LogP) is 2.11. The van der Waals surface area contributed by atoms with Crippen molar-refractivity contribution < 1.29 is 4.42 Å². The molecule has 0 bridgehead atoms. The maximum atomic E-state index is 5.67. The van der Waals surface area contributed by atoms with Crippen LogP contribution in [0.5, 0.6) is 0 Å². The van der Waals surface area contributed by atoms with Crippen molar-refractivity contribution in [3.05, 3.63) is 41.1 Å². The highest BCUT2D eigenvalue weighted by molar-refractivity contribution is 5.21. The van der Waals surface area contributed by atoms with E-state index in [1.54, 1.807) is 6.26 Å². The number of furan rings is 1. The largest absolute Gasteiger partial charge is 0.467 e. The number of rotatable bonds is 6. The van der Waals surface area contributed by atoms with Gasteiger partial charge in [0.15, 0.2) is 0 Å². The van der Waals surface area contributed by atoms with Gasteiger partial charge in [0.05, 0.1) is 18.0 Å². The molecule has 2 aromatic heterocycles. The van der Waals surface area contributed by atoms with Crippen molar-refractivity contribution in [3.63, 3.8) is 0 Å². The zero-order valence-electron chi connectivity index (χ0n) is 11.8. The van der Waals surface area contributed by atoms with Gasteiger partial charge in [0.1, 0.15) is 5.76 Å². The molecule has 104 valence electrons. The van der Waals surface area contributed by atoms with Crippen molar-refractivity contribution in [3.8, 4) is 0 Å². The van der Waals surface area contributed by atoms with Crippen molar-refractivity contribution in [2.24, 2.45) is 5.84 Å². The van der Waals surface area contributed by atoms with E-state index < -0.39 is 0 Å². The van der Waals surface area contributed by atoms with Crippen molar-refractivity contribution in [1.82, 2.24) is 15.2 Å². The van der Waals surface area contributed by atoms with E-state index in [-0.39, 0.29) is 6.04 Å². The van der Waals surface area contributed by atoms with Gasteiger partial charge in [-0.2, -0.15) is 5.10 Å². The summed E-state index contributed by atoms with van der Waals surface area (Å²) in [6.45, 7) is 7.10. The highest BCUT2D eigenvalue weighted by atomic mass is 16.3. The average molecular weight is 262 g/mol. The lowest BCUT2D eigenvalue weighted by Crippen LogP contribution is -2.30. The molecule has 0 aliphatic heterocycles. The lowest BCUT2D eigenvalue weighted by atomic mass is 10.1. The highest BCUT2D eigenvalue weighted by Gasteiger charge is 2.18. The lowest BCUT2D eigenvalue weighted by molar-refractivity contribution is 0.405. The Morgan fingerprint density at radius 1 is 1.47 bits per heavy atom. The Morgan fingerprint density at radius 2 is 2.26 bits per heavy atom. The average Bonchev–Trinajstić information content (AvgIpc) is 3.01. The van der Waals surface area contributed by atoms with Crippen LogP contribution in [0, 0.1) is 6.92 Å². The molecule has 1 atom stereocenters. The van der Waals surface area contributed by atoms with E-state index in [2.05, 4.69) is 30.4 Å². The summed E-state index contributed by atoms with van der Waals surface area (Å²) in [5.41, 5.74) is 6.24. The van der Waals surface area contributed by atoms with Crippen LogP contribution in [-0.4, -0.2) is 9.78 Å². The molecule has 3 N–H and O–H groups in total. The molecule has 5 heteroatoms. The van der Waals surface area contributed by atoms with E-state index in [1.165, 1.54) is 5.69 Å². The normalized spacial score (nSPS) is 12.8. The number of hydrazine groups is 1. The van der Waals surface area contributed by atoms with Crippen molar-refractivity contribution in [2.75, 3.05) is 0 Å². The molecule has 0 saturated heterocycles. The second kappa shape index (κ2) is 6.04. The molecule has 0 aliphatic rings. The molecular weight excluding hydrogens is 240 g/mol. The minimum Gasteiger partial charge on any atom is -0.467 e. The zero-order valence-corrected chi connectivity index (χ0v) is 11.8.